The maximum Gasteiger partial charge on any atom is 0.274 e. The first-order valence-corrected chi connectivity index (χ1v) is 4.84. The largest absolute Gasteiger partial charge is 0.496 e. The highest BCUT2D eigenvalue weighted by molar-refractivity contribution is 9.10. The summed E-state index contributed by atoms with van der Waals surface area (Å²) in [7, 11) is 1.45. The Hall–Kier alpha value is -1.43. The van der Waals surface area contributed by atoms with E-state index >= 15 is 0 Å². The van der Waals surface area contributed by atoms with E-state index in [9.17, 15) is 14.9 Å². The Balaban J connectivity index is 3.31. The molecule has 0 aromatic heterocycles. The molecule has 0 amide bonds. The molecular weight excluding hydrogens is 266 g/mol. The molecule has 0 saturated heterocycles. The van der Waals surface area contributed by atoms with Crippen molar-refractivity contribution in [3.05, 3.63) is 32.3 Å². The predicted octanol–water partition coefficient (Wildman–Crippen LogP) is 2.11. The Morgan fingerprint density at radius 1 is 1.60 bits per heavy atom. The number of nitro benzene ring substituents is 1. The first-order chi connectivity index (χ1) is 7.10. The smallest absolute Gasteiger partial charge is 0.274 e. The third kappa shape index (κ3) is 2.53. The number of methoxy groups -OCH3 is 1. The summed E-state index contributed by atoms with van der Waals surface area (Å²) >= 11 is 3.14. The molecule has 6 heteroatoms. The average molecular weight is 274 g/mol. The van der Waals surface area contributed by atoms with Crippen molar-refractivity contribution in [2.45, 2.75) is 6.42 Å². The number of nitrogens with zero attached hydrogens (tertiary/aromatic N) is 1. The summed E-state index contributed by atoms with van der Waals surface area (Å²) in [5, 5.41) is 10.7. The molecule has 1 aromatic carbocycles. The van der Waals surface area contributed by atoms with Crippen molar-refractivity contribution in [2.24, 2.45) is 0 Å². The lowest BCUT2D eigenvalue weighted by molar-refractivity contribution is -0.385. The highest BCUT2D eigenvalue weighted by atomic mass is 79.9. The number of nitro groups is 1. The first kappa shape index (κ1) is 11.6. The van der Waals surface area contributed by atoms with E-state index in [4.69, 9.17) is 4.74 Å². The van der Waals surface area contributed by atoms with Crippen molar-refractivity contribution in [3.8, 4) is 5.75 Å². The van der Waals surface area contributed by atoms with Crippen LogP contribution in [0.25, 0.3) is 0 Å². The molecule has 0 fully saturated rings. The van der Waals surface area contributed by atoms with Crippen molar-refractivity contribution >= 4 is 27.9 Å². The molecule has 0 heterocycles. The van der Waals surface area contributed by atoms with E-state index in [0.29, 0.717) is 22.1 Å². The molecule has 0 atom stereocenters. The number of hydrogen-bond acceptors (Lipinski definition) is 4. The van der Waals surface area contributed by atoms with Gasteiger partial charge in [0.15, 0.2) is 0 Å². The van der Waals surface area contributed by atoms with E-state index in [0.717, 1.165) is 0 Å². The highest BCUT2D eigenvalue weighted by Crippen LogP contribution is 2.32. The molecule has 0 N–H and O–H groups in total. The molecule has 0 saturated carbocycles. The van der Waals surface area contributed by atoms with Crippen LogP contribution in [-0.4, -0.2) is 18.3 Å². The predicted molar refractivity (Wildman–Crippen MR) is 57.1 cm³/mol. The number of carbonyl (C=O) groups is 1. The van der Waals surface area contributed by atoms with Gasteiger partial charge in [-0.05, 0) is 22.0 Å². The van der Waals surface area contributed by atoms with Crippen LogP contribution in [-0.2, 0) is 11.2 Å². The third-order valence-corrected chi connectivity index (χ3v) is 2.47. The maximum atomic E-state index is 10.7. The maximum absolute atomic E-state index is 10.7. The third-order valence-electron chi connectivity index (χ3n) is 1.85. The van der Waals surface area contributed by atoms with Crippen molar-refractivity contribution < 1.29 is 14.5 Å². The minimum absolute atomic E-state index is 0.0000463. The van der Waals surface area contributed by atoms with E-state index in [1.165, 1.54) is 19.2 Å². The van der Waals surface area contributed by atoms with Crippen LogP contribution in [0.2, 0.25) is 0 Å². The zero-order valence-corrected chi connectivity index (χ0v) is 9.48. The molecule has 0 aliphatic heterocycles. The lowest BCUT2D eigenvalue weighted by Crippen LogP contribution is -1.98. The number of carbonyl (C=O) groups excluding carboxylic acids is 1. The normalized spacial score (nSPS) is 9.73. The minimum Gasteiger partial charge on any atom is -0.496 e. The average Bonchev–Trinajstić information content (AvgIpc) is 2.20. The Labute approximate surface area is 94.3 Å². The Morgan fingerprint density at radius 2 is 2.27 bits per heavy atom. The second-order valence-electron chi connectivity index (χ2n) is 2.74. The van der Waals surface area contributed by atoms with Gasteiger partial charge < -0.3 is 9.53 Å². The molecule has 0 radical (unpaired) electrons. The lowest BCUT2D eigenvalue weighted by Gasteiger charge is -2.05. The molecule has 0 bridgehead atoms. The Kier molecular flexibility index (Phi) is 3.79. The lowest BCUT2D eigenvalue weighted by atomic mass is 10.1. The van der Waals surface area contributed by atoms with Crippen molar-refractivity contribution in [1.82, 2.24) is 0 Å². The fourth-order valence-corrected chi connectivity index (χ4v) is 1.66. The Bertz CT molecular complexity index is 405. The summed E-state index contributed by atoms with van der Waals surface area (Å²) in [5.41, 5.74) is 0.254. The van der Waals surface area contributed by atoms with Crippen LogP contribution in [0.5, 0.6) is 5.75 Å². The number of aldehydes is 1. The Morgan fingerprint density at radius 3 is 2.73 bits per heavy atom. The van der Waals surface area contributed by atoms with Gasteiger partial charge >= 0.3 is 0 Å². The highest BCUT2D eigenvalue weighted by Gasteiger charge is 2.17. The topological polar surface area (TPSA) is 69.4 Å². The van der Waals surface area contributed by atoms with E-state index in [2.05, 4.69) is 15.9 Å². The molecule has 1 aromatic rings. The zero-order valence-electron chi connectivity index (χ0n) is 7.90. The van der Waals surface area contributed by atoms with Gasteiger partial charge in [0.1, 0.15) is 12.0 Å². The van der Waals surface area contributed by atoms with Crippen molar-refractivity contribution in [1.29, 1.82) is 0 Å². The number of rotatable bonds is 4. The molecule has 15 heavy (non-hydrogen) atoms. The van der Waals surface area contributed by atoms with Gasteiger partial charge in [-0.3, -0.25) is 10.1 Å². The molecule has 0 spiro atoms. The fourth-order valence-electron chi connectivity index (χ4n) is 1.16. The van der Waals surface area contributed by atoms with Gasteiger partial charge in [0.2, 0.25) is 0 Å². The van der Waals surface area contributed by atoms with E-state index < -0.39 is 4.92 Å². The van der Waals surface area contributed by atoms with Crippen LogP contribution in [0, 0.1) is 10.1 Å². The summed E-state index contributed by atoms with van der Waals surface area (Å²) in [4.78, 5) is 20.5. The van der Waals surface area contributed by atoms with Gasteiger partial charge in [0.05, 0.1) is 16.5 Å². The number of halogens is 1. The van der Waals surface area contributed by atoms with E-state index in [1.54, 1.807) is 0 Å². The summed E-state index contributed by atoms with van der Waals surface area (Å²) in [6.45, 7) is 0. The van der Waals surface area contributed by atoms with Crippen LogP contribution in [0.1, 0.15) is 5.56 Å². The molecule has 0 aliphatic carbocycles. The monoisotopic (exact) mass is 273 g/mol. The van der Waals surface area contributed by atoms with E-state index in [-0.39, 0.29) is 12.1 Å². The van der Waals surface area contributed by atoms with E-state index in [1.807, 2.05) is 0 Å². The van der Waals surface area contributed by atoms with Crippen LogP contribution in [0.15, 0.2) is 16.6 Å². The SMILES string of the molecule is COc1cc(CC=O)c([N+](=O)[O-])cc1Br. The molecule has 5 nitrogen and oxygen atoms in total. The molecular formula is C9H8BrNO4. The minimum atomic E-state index is -0.525. The van der Waals surface area contributed by atoms with Gasteiger partial charge in [-0.25, -0.2) is 0 Å². The van der Waals surface area contributed by atoms with Gasteiger partial charge in [0.25, 0.3) is 5.69 Å². The van der Waals surface area contributed by atoms with Gasteiger partial charge in [0, 0.05) is 18.1 Å². The summed E-state index contributed by atoms with van der Waals surface area (Å²) in [6.07, 6.45) is 0.621. The van der Waals surface area contributed by atoms with Crippen LogP contribution in [0.3, 0.4) is 0 Å². The molecule has 1 rings (SSSR count). The van der Waals surface area contributed by atoms with Crippen LogP contribution < -0.4 is 4.74 Å². The number of ether oxygens (including phenoxy) is 1. The van der Waals surface area contributed by atoms with Crippen LogP contribution >= 0.6 is 15.9 Å². The van der Waals surface area contributed by atoms with Crippen LogP contribution in [0.4, 0.5) is 5.69 Å². The summed E-state index contributed by atoms with van der Waals surface area (Å²) in [6, 6.07) is 2.81. The number of benzene rings is 1. The second kappa shape index (κ2) is 4.88. The molecule has 0 aliphatic rings. The first-order valence-electron chi connectivity index (χ1n) is 4.04. The van der Waals surface area contributed by atoms with Crippen molar-refractivity contribution in [3.63, 3.8) is 0 Å². The summed E-state index contributed by atoms with van der Waals surface area (Å²) < 4.78 is 5.47. The standard InChI is InChI=1S/C9H8BrNO4/c1-15-9-4-6(2-3-12)8(11(13)14)5-7(9)10/h3-5H,2H2,1H3. The fraction of sp³-hybridized carbons (Fsp3) is 0.222. The quantitative estimate of drug-likeness (QED) is 0.479. The van der Waals surface area contributed by atoms with Crippen molar-refractivity contribution in [2.75, 3.05) is 7.11 Å². The second-order valence-corrected chi connectivity index (χ2v) is 3.60. The molecule has 0 unspecified atom stereocenters. The molecule has 80 valence electrons. The van der Waals surface area contributed by atoms with Gasteiger partial charge in [-0.2, -0.15) is 0 Å². The summed E-state index contributed by atoms with van der Waals surface area (Å²) in [5.74, 6) is 0.470. The van der Waals surface area contributed by atoms with Gasteiger partial charge in [-0.1, -0.05) is 0 Å². The van der Waals surface area contributed by atoms with Gasteiger partial charge in [-0.15, -0.1) is 0 Å². The zero-order chi connectivity index (χ0) is 11.4. The number of hydrogen-bond donors (Lipinski definition) is 0.